The average Bonchev–Trinajstić information content (AvgIpc) is 3.08. The van der Waals surface area contributed by atoms with Crippen molar-refractivity contribution in [3.8, 4) is 16.9 Å². The molecule has 2 heterocycles. The van der Waals surface area contributed by atoms with Crippen molar-refractivity contribution in [1.29, 1.82) is 0 Å². The molecule has 9 heteroatoms. The van der Waals surface area contributed by atoms with Crippen LogP contribution in [0.4, 0.5) is 5.69 Å². The molecule has 8 nitrogen and oxygen atoms in total. The van der Waals surface area contributed by atoms with Crippen molar-refractivity contribution in [2.75, 3.05) is 4.72 Å². The van der Waals surface area contributed by atoms with Crippen molar-refractivity contribution in [3.05, 3.63) is 87.5 Å². The fourth-order valence-corrected chi connectivity index (χ4v) is 4.84. The highest BCUT2D eigenvalue weighted by Gasteiger charge is 2.20. The molecule has 0 fully saturated rings. The van der Waals surface area contributed by atoms with Crippen molar-refractivity contribution in [2.45, 2.75) is 32.6 Å². The van der Waals surface area contributed by atoms with Crippen LogP contribution in [0.15, 0.2) is 68.8 Å². The molecule has 0 aliphatic rings. The number of para-hydroxylation sites is 1. The van der Waals surface area contributed by atoms with Gasteiger partial charge in [0.25, 0.3) is 15.6 Å². The van der Waals surface area contributed by atoms with Gasteiger partial charge >= 0.3 is 0 Å². The molecule has 1 N–H and O–H groups in total. The van der Waals surface area contributed by atoms with Gasteiger partial charge in [-0.2, -0.15) is 9.78 Å². The maximum absolute atomic E-state index is 13.1. The Bertz CT molecular complexity index is 1470. The van der Waals surface area contributed by atoms with Crippen LogP contribution in [0.5, 0.6) is 0 Å². The molecular weight excluding hydrogens is 428 g/mol. The van der Waals surface area contributed by atoms with Crippen LogP contribution in [0.1, 0.15) is 22.6 Å². The van der Waals surface area contributed by atoms with Gasteiger partial charge < -0.3 is 4.52 Å². The Morgan fingerprint density at radius 2 is 1.69 bits per heavy atom. The maximum atomic E-state index is 13.1. The highest BCUT2D eigenvalue weighted by Crippen LogP contribution is 2.27. The first-order valence-corrected chi connectivity index (χ1v) is 11.4. The second-order valence-electron chi connectivity index (χ2n) is 7.54. The van der Waals surface area contributed by atoms with E-state index >= 15 is 0 Å². The molecule has 0 spiro atoms. The van der Waals surface area contributed by atoms with Crippen LogP contribution in [0.2, 0.25) is 0 Å². The van der Waals surface area contributed by atoms with E-state index in [1.54, 1.807) is 57.2 Å². The Balaban J connectivity index is 1.79. The molecule has 0 unspecified atom stereocenters. The number of nitrogens with one attached hydrogen (secondary N) is 1. The van der Waals surface area contributed by atoms with Gasteiger partial charge in [0.1, 0.15) is 11.4 Å². The zero-order valence-corrected chi connectivity index (χ0v) is 18.9. The van der Waals surface area contributed by atoms with Crippen molar-refractivity contribution in [1.82, 2.24) is 14.9 Å². The van der Waals surface area contributed by atoms with Crippen molar-refractivity contribution in [3.63, 3.8) is 0 Å². The molecule has 2 aromatic carbocycles. The van der Waals surface area contributed by atoms with Gasteiger partial charge in [-0.1, -0.05) is 35.5 Å². The van der Waals surface area contributed by atoms with E-state index in [9.17, 15) is 13.2 Å². The quantitative estimate of drug-likeness (QED) is 0.494. The smallest absolute Gasteiger partial charge is 0.271 e. The van der Waals surface area contributed by atoms with E-state index in [2.05, 4.69) is 15.0 Å². The molecule has 2 aromatic heterocycles. The van der Waals surface area contributed by atoms with Gasteiger partial charge in [-0.3, -0.25) is 9.52 Å². The van der Waals surface area contributed by atoms with Gasteiger partial charge in [-0.15, -0.1) is 0 Å². The fraction of sp³-hybridized carbons (Fsp3) is 0.174. The minimum Gasteiger partial charge on any atom is -0.359 e. The number of benzene rings is 2. The van der Waals surface area contributed by atoms with Gasteiger partial charge in [-0.25, -0.2) is 8.42 Å². The summed E-state index contributed by atoms with van der Waals surface area (Å²) in [6.07, 6.45) is 0. The zero-order valence-electron chi connectivity index (χ0n) is 18.1. The molecular formula is C23H22N4O4S. The van der Waals surface area contributed by atoms with E-state index in [4.69, 9.17) is 4.52 Å². The lowest BCUT2D eigenvalue weighted by Crippen LogP contribution is -2.21. The molecule has 0 saturated heterocycles. The maximum Gasteiger partial charge on any atom is 0.271 e. The first-order chi connectivity index (χ1) is 15.2. The number of nitrogens with zero attached hydrogens (tertiary/aromatic N) is 3. The van der Waals surface area contributed by atoms with Crippen molar-refractivity contribution >= 4 is 15.7 Å². The lowest BCUT2D eigenvalue weighted by atomic mass is 10.1. The second kappa shape index (κ2) is 8.08. The third-order valence-electron chi connectivity index (χ3n) is 5.17. The SMILES string of the molecule is Cc1ccccc1NS(=O)(=O)c1cc(-c2ccc(=O)n(-c3c(C)noc3C)n2)ccc1C. The second-order valence-corrected chi connectivity index (χ2v) is 9.19. The first-order valence-electron chi connectivity index (χ1n) is 9.90. The Kier molecular flexibility index (Phi) is 5.43. The number of hydrogen-bond acceptors (Lipinski definition) is 6. The van der Waals surface area contributed by atoms with Crippen LogP contribution in [0, 0.1) is 27.7 Å². The monoisotopic (exact) mass is 450 g/mol. The highest BCUT2D eigenvalue weighted by molar-refractivity contribution is 7.92. The summed E-state index contributed by atoms with van der Waals surface area (Å²) in [5, 5.41) is 8.33. The van der Waals surface area contributed by atoms with Gasteiger partial charge in [0, 0.05) is 11.6 Å². The molecule has 0 aliphatic heterocycles. The average molecular weight is 451 g/mol. The molecule has 0 atom stereocenters. The van der Waals surface area contributed by atoms with Crippen LogP contribution >= 0.6 is 0 Å². The van der Waals surface area contributed by atoms with E-state index in [1.807, 2.05) is 19.1 Å². The van der Waals surface area contributed by atoms with E-state index in [0.717, 1.165) is 5.56 Å². The molecule has 4 aromatic rings. The summed E-state index contributed by atoms with van der Waals surface area (Å²) in [5.74, 6) is 0.462. The largest absolute Gasteiger partial charge is 0.359 e. The summed E-state index contributed by atoms with van der Waals surface area (Å²) in [5.41, 5.74) is 3.58. The molecule has 32 heavy (non-hydrogen) atoms. The van der Waals surface area contributed by atoms with E-state index < -0.39 is 10.0 Å². The highest BCUT2D eigenvalue weighted by atomic mass is 32.2. The van der Waals surface area contributed by atoms with Crippen LogP contribution in [-0.4, -0.2) is 23.4 Å². The number of anilines is 1. The van der Waals surface area contributed by atoms with Gasteiger partial charge in [0.15, 0.2) is 5.76 Å². The number of rotatable bonds is 5. The minimum atomic E-state index is -3.84. The fourth-order valence-electron chi connectivity index (χ4n) is 3.44. The van der Waals surface area contributed by atoms with Crippen LogP contribution in [-0.2, 0) is 10.0 Å². The Labute approximate surface area is 185 Å². The van der Waals surface area contributed by atoms with E-state index in [1.165, 1.54) is 10.7 Å². The molecule has 0 saturated carbocycles. The third-order valence-corrected chi connectivity index (χ3v) is 6.68. The Morgan fingerprint density at radius 1 is 0.938 bits per heavy atom. The molecule has 0 radical (unpaired) electrons. The van der Waals surface area contributed by atoms with Crippen LogP contribution in [0.25, 0.3) is 16.9 Å². The summed E-state index contributed by atoms with van der Waals surface area (Å²) >= 11 is 0. The standard InChI is InChI=1S/C23H22N4O4S/c1-14-7-5-6-8-19(14)26-32(29,30)21-13-18(10-9-15(21)2)20-11-12-22(28)27(24-20)23-16(3)25-31-17(23)4/h5-13,26H,1-4H3. The molecule has 4 rings (SSSR count). The van der Waals surface area contributed by atoms with Crippen molar-refractivity contribution < 1.29 is 12.9 Å². The lowest BCUT2D eigenvalue weighted by molar-refractivity contribution is 0.392. The summed E-state index contributed by atoms with van der Waals surface area (Å²) in [6, 6.07) is 15.2. The Hall–Kier alpha value is -3.72. The molecule has 164 valence electrons. The summed E-state index contributed by atoms with van der Waals surface area (Å²) < 4.78 is 35.3. The normalized spacial score (nSPS) is 11.5. The summed E-state index contributed by atoms with van der Waals surface area (Å²) in [6.45, 7) is 6.99. The van der Waals surface area contributed by atoms with Gasteiger partial charge in [0.05, 0.1) is 16.3 Å². The zero-order chi connectivity index (χ0) is 23.0. The number of aryl methyl sites for hydroxylation is 4. The van der Waals surface area contributed by atoms with Crippen LogP contribution < -0.4 is 10.3 Å². The van der Waals surface area contributed by atoms with Gasteiger partial charge in [-0.05, 0) is 57.0 Å². The lowest BCUT2D eigenvalue weighted by Gasteiger charge is -2.14. The topological polar surface area (TPSA) is 107 Å². The molecule has 0 amide bonds. The minimum absolute atomic E-state index is 0.134. The van der Waals surface area contributed by atoms with Crippen molar-refractivity contribution in [2.24, 2.45) is 0 Å². The molecule has 0 aliphatic carbocycles. The number of sulfonamides is 1. The predicted molar refractivity (Wildman–Crippen MR) is 122 cm³/mol. The van der Waals surface area contributed by atoms with Gasteiger partial charge in [0.2, 0.25) is 0 Å². The molecule has 0 bridgehead atoms. The van der Waals surface area contributed by atoms with E-state index in [0.29, 0.717) is 39.6 Å². The summed E-state index contributed by atoms with van der Waals surface area (Å²) in [7, 11) is -3.84. The predicted octanol–water partition coefficient (Wildman–Crippen LogP) is 3.92. The third kappa shape index (κ3) is 3.94. The van der Waals surface area contributed by atoms with Crippen LogP contribution in [0.3, 0.4) is 0 Å². The number of hydrogen-bond donors (Lipinski definition) is 1. The van der Waals surface area contributed by atoms with E-state index in [-0.39, 0.29) is 10.5 Å². The Morgan fingerprint density at radius 3 is 2.38 bits per heavy atom. The summed E-state index contributed by atoms with van der Waals surface area (Å²) in [4.78, 5) is 12.6. The number of aromatic nitrogens is 3. The first kappa shape index (κ1) is 21.5.